The number of nitrogens with one attached hydrogen (secondary N) is 1. The van der Waals surface area contributed by atoms with Gasteiger partial charge in [0.15, 0.2) is 10.1 Å². The van der Waals surface area contributed by atoms with Gasteiger partial charge in [0.25, 0.3) is 0 Å². The molecule has 0 aromatic carbocycles. The molecule has 23 heavy (non-hydrogen) atoms. The molecule has 124 valence electrons. The number of hydrogen-bond donors (Lipinski definition) is 2. The molecule has 0 unspecified atom stereocenters. The lowest BCUT2D eigenvalue weighted by atomic mass is 10.0. The Morgan fingerprint density at radius 3 is 2.83 bits per heavy atom. The van der Waals surface area contributed by atoms with Crippen molar-refractivity contribution in [1.29, 1.82) is 0 Å². The van der Waals surface area contributed by atoms with Crippen molar-refractivity contribution in [3.05, 3.63) is 28.3 Å². The average Bonchev–Trinajstić information content (AvgIpc) is 2.97. The van der Waals surface area contributed by atoms with Crippen LogP contribution >= 0.6 is 23.1 Å². The lowest BCUT2D eigenvalue weighted by molar-refractivity contribution is -0.120. The van der Waals surface area contributed by atoms with Gasteiger partial charge >= 0.3 is 0 Å². The molecule has 2 N–H and O–H groups in total. The standard InChI is InChI=1S/C14H17N3O4S2/c1-3-8(4-2)12(20)15-13-16-17-14(23-13)22-7-9-5-10(18)11(19)6-21-9/h5-6,8,19H,3-4,7H2,1-2H3,(H,15,16,20). The van der Waals surface area contributed by atoms with Crippen molar-refractivity contribution in [3.8, 4) is 5.75 Å². The molecule has 2 aromatic heterocycles. The monoisotopic (exact) mass is 355 g/mol. The summed E-state index contributed by atoms with van der Waals surface area (Å²) in [4.78, 5) is 23.3. The van der Waals surface area contributed by atoms with E-state index in [-0.39, 0.29) is 11.8 Å². The van der Waals surface area contributed by atoms with Crippen LogP contribution in [-0.2, 0) is 10.5 Å². The summed E-state index contributed by atoms with van der Waals surface area (Å²) in [6.07, 6.45) is 2.57. The summed E-state index contributed by atoms with van der Waals surface area (Å²) < 4.78 is 5.76. The lowest BCUT2D eigenvalue weighted by Gasteiger charge is -2.09. The number of carbonyl (C=O) groups excluding carboxylic acids is 1. The molecule has 0 aliphatic carbocycles. The molecule has 0 radical (unpaired) electrons. The molecule has 0 fully saturated rings. The molecule has 9 heteroatoms. The molecule has 7 nitrogen and oxygen atoms in total. The first-order valence-corrected chi connectivity index (χ1v) is 8.91. The number of carbonyl (C=O) groups is 1. The predicted octanol–water partition coefficient (Wildman–Crippen LogP) is 2.86. The van der Waals surface area contributed by atoms with Crippen LogP contribution in [-0.4, -0.2) is 21.2 Å². The molecule has 0 bridgehead atoms. The van der Waals surface area contributed by atoms with Crippen molar-refractivity contribution in [3.63, 3.8) is 0 Å². The third kappa shape index (κ3) is 4.80. The second-order valence-electron chi connectivity index (χ2n) is 4.76. The summed E-state index contributed by atoms with van der Waals surface area (Å²) >= 11 is 2.60. The quantitative estimate of drug-likeness (QED) is 0.581. The summed E-state index contributed by atoms with van der Waals surface area (Å²) in [5.41, 5.74) is -0.484. The second kappa shape index (κ2) is 8.11. The summed E-state index contributed by atoms with van der Waals surface area (Å²) in [7, 11) is 0. The van der Waals surface area contributed by atoms with Crippen LogP contribution in [0, 0.1) is 5.92 Å². The normalized spacial score (nSPS) is 10.9. The fourth-order valence-corrected chi connectivity index (χ4v) is 3.48. The Kier molecular flexibility index (Phi) is 6.17. The first-order valence-electron chi connectivity index (χ1n) is 7.11. The smallest absolute Gasteiger partial charge is 0.229 e. The highest BCUT2D eigenvalue weighted by molar-refractivity contribution is 8.00. The van der Waals surface area contributed by atoms with E-state index in [4.69, 9.17) is 9.52 Å². The van der Waals surface area contributed by atoms with Crippen LogP contribution in [0.15, 0.2) is 25.9 Å². The van der Waals surface area contributed by atoms with E-state index in [2.05, 4.69) is 15.5 Å². The molecule has 0 spiro atoms. The Labute approximate surface area is 141 Å². The van der Waals surface area contributed by atoms with Gasteiger partial charge in [-0.05, 0) is 12.8 Å². The van der Waals surface area contributed by atoms with E-state index in [0.29, 0.717) is 21.0 Å². The van der Waals surface area contributed by atoms with Crippen LogP contribution in [0.2, 0.25) is 0 Å². The molecular weight excluding hydrogens is 338 g/mol. The minimum atomic E-state index is -0.484. The number of rotatable bonds is 7. The van der Waals surface area contributed by atoms with Gasteiger partial charge in [-0.2, -0.15) is 0 Å². The zero-order chi connectivity index (χ0) is 16.8. The number of aromatic hydroxyl groups is 1. The van der Waals surface area contributed by atoms with E-state index < -0.39 is 11.2 Å². The van der Waals surface area contributed by atoms with Gasteiger partial charge < -0.3 is 14.8 Å². The van der Waals surface area contributed by atoms with Crippen molar-refractivity contribution in [2.24, 2.45) is 5.92 Å². The van der Waals surface area contributed by atoms with E-state index in [9.17, 15) is 9.59 Å². The third-order valence-corrected chi connectivity index (χ3v) is 5.19. The molecule has 2 rings (SSSR count). The molecule has 2 heterocycles. The van der Waals surface area contributed by atoms with E-state index in [0.717, 1.165) is 19.1 Å². The Balaban J connectivity index is 1.93. The zero-order valence-electron chi connectivity index (χ0n) is 12.7. The number of amides is 1. The molecule has 0 aliphatic rings. The molecule has 0 saturated heterocycles. The first kappa shape index (κ1) is 17.5. The number of aromatic nitrogens is 2. The molecular formula is C14H17N3O4S2. The number of anilines is 1. The number of hydrogen-bond acceptors (Lipinski definition) is 8. The Bertz CT molecular complexity index is 725. The summed E-state index contributed by atoms with van der Waals surface area (Å²) in [6, 6.07) is 1.24. The van der Waals surface area contributed by atoms with Crippen molar-refractivity contribution < 1.29 is 14.3 Å². The Morgan fingerprint density at radius 1 is 1.43 bits per heavy atom. The Hall–Kier alpha value is -1.87. The third-order valence-electron chi connectivity index (χ3n) is 3.20. The van der Waals surface area contributed by atoms with Crippen LogP contribution in [0.4, 0.5) is 5.13 Å². The van der Waals surface area contributed by atoms with Crippen LogP contribution in [0.3, 0.4) is 0 Å². The second-order valence-corrected chi connectivity index (χ2v) is 6.96. The largest absolute Gasteiger partial charge is 0.502 e. The average molecular weight is 355 g/mol. The van der Waals surface area contributed by atoms with Crippen molar-refractivity contribution in [1.82, 2.24) is 10.2 Å². The van der Waals surface area contributed by atoms with E-state index >= 15 is 0 Å². The minimum Gasteiger partial charge on any atom is -0.502 e. The van der Waals surface area contributed by atoms with E-state index in [1.807, 2.05) is 13.8 Å². The fraction of sp³-hybridized carbons (Fsp3) is 0.429. The number of thioether (sulfide) groups is 1. The van der Waals surface area contributed by atoms with Crippen molar-refractivity contribution >= 4 is 34.1 Å². The fourth-order valence-electron chi connectivity index (χ4n) is 1.84. The number of nitrogens with zero attached hydrogens (tertiary/aromatic N) is 2. The minimum absolute atomic E-state index is 0.0266. The summed E-state index contributed by atoms with van der Waals surface area (Å²) in [5.74, 6) is 0.315. The van der Waals surface area contributed by atoms with Gasteiger partial charge in [-0.25, -0.2) is 0 Å². The maximum atomic E-state index is 12.0. The maximum Gasteiger partial charge on any atom is 0.229 e. The predicted molar refractivity (Wildman–Crippen MR) is 88.8 cm³/mol. The van der Waals surface area contributed by atoms with Gasteiger partial charge in [0, 0.05) is 12.0 Å². The van der Waals surface area contributed by atoms with Gasteiger partial charge in [-0.3, -0.25) is 9.59 Å². The van der Waals surface area contributed by atoms with Crippen LogP contribution < -0.4 is 10.7 Å². The molecule has 1 amide bonds. The zero-order valence-corrected chi connectivity index (χ0v) is 14.4. The molecule has 0 aliphatic heterocycles. The van der Waals surface area contributed by atoms with Gasteiger partial charge in [0.1, 0.15) is 12.0 Å². The van der Waals surface area contributed by atoms with Crippen molar-refractivity contribution in [2.75, 3.05) is 5.32 Å². The topological polar surface area (TPSA) is 105 Å². The molecule has 0 atom stereocenters. The molecule has 2 aromatic rings. The first-order chi connectivity index (χ1) is 11.0. The maximum absolute atomic E-state index is 12.0. The van der Waals surface area contributed by atoms with Crippen LogP contribution in [0.5, 0.6) is 5.75 Å². The lowest BCUT2D eigenvalue weighted by Crippen LogP contribution is -2.21. The van der Waals surface area contributed by atoms with Gasteiger partial charge in [0.05, 0.1) is 5.75 Å². The van der Waals surface area contributed by atoms with Gasteiger partial charge in [-0.1, -0.05) is 36.9 Å². The van der Waals surface area contributed by atoms with E-state index in [1.54, 1.807) is 0 Å². The van der Waals surface area contributed by atoms with Gasteiger partial charge in [-0.15, -0.1) is 10.2 Å². The summed E-state index contributed by atoms with van der Waals surface area (Å²) in [5, 5.41) is 20.3. The highest BCUT2D eigenvalue weighted by atomic mass is 32.2. The SMILES string of the molecule is CCC(CC)C(=O)Nc1nnc(SCc2cc(=O)c(O)co2)s1. The van der Waals surface area contributed by atoms with Crippen molar-refractivity contribution in [2.45, 2.75) is 36.8 Å². The summed E-state index contributed by atoms with van der Waals surface area (Å²) in [6.45, 7) is 3.95. The van der Waals surface area contributed by atoms with Crippen LogP contribution in [0.1, 0.15) is 32.4 Å². The van der Waals surface area contributed by atoms with Crippen LogP contribution in [0.25, 0.3) is 0 Å². The van der Waals surface area contributed by atoms with E-state index in [1.165, 1.54) is 29.2 Å². The highest BCUT2D eigenvalue weighted by Gasteiger charge is 2.16. The van der Waals surface area contributed by atoms with Gasteiger partial charge in [0.2, 0.25) is 16.5 Å². The highest BCUT2D eigenvalue weighted by Crippen LogP contribution is 2.28. The Morgan fingerprint density at radius 2 is 2.17 bits per heavy atom. The molecule has 0 saturated carbocycles.